The molecule has 0 unspecified atom stereocenters. The van der Waals surface area contributed by atoms with E-state index in [1.54, 1.807) is 0 Å². The van der Waals surface area contributed by atoms with Crippen LogP contribution in [0.4, 0.5) is 0 Å². The average Bonchev–Trinajstić information content (AvgIpc) is 2.44. The van der Waals surface area contributed by atoms with E-state index in [1.807, 2.05) is 6.08 Å². The summed E-state index contributed by atoms with van der Waals surface area (Å²) in [6, 6.07) is 0. The summed E-state index contributed by atoms with van der Waals surface area (Å²) in [4.78, 5) is 11.5. The van der Waals surface area contributed by atoms with Crippen LogP contribution in [-0.2, 0) is 4.79 Å². The minimum Gasteiger partial charge on any atom is -0.295 e. The molecule has 0 amide bonds. The minimum atomic E-state index is 0.256. The van der Waals surface area contributed by atoms with Crippen molar-refractivity contribution >= 4 is 5.78 Å². The van der Waals surface area contributed by atoms with Crippen LogP contribution in [0, 0.1) is 16.7 Å². The third kappa shape index (κ3) is 1.34. The highest BCUT2D eigenvalue weighted by Crippen LogP contribution is 2.55. The van der Waals surface area contributed by atoms with Crippen molar-refractivity contribution in [1.29, 1.82) is 0 Å². The quantitative estimate of drug-likeness (QED) is 0.575. The average molecular weight is 192 g/mol. The van der Waals surface area contributed by atoms with Crippen molar-refractivity contribution in [1.82, 2.24) is 0 Å². The summed E-state index contributed by atoms with van der Waals surface area (Å²) in [5, 5.41) is 0. The van der Waals surface area contributed by atoms with Crippen molar-refractivity contribution in [2.75, 3.05) is 0 Å². The number of hydrogen-bond donors (Lipinski definition) is 0. The number of carbonyl (C=O) groups excluding carboxylic acids is 1. The fourth-order valence-corrected chi connectivity index (χ4v) is 2.96. The molecular weight excluding hydrogens is 172 g/mol. The monoisotopic (exact) mass is 192 g/mol. The summed E-state index contributed by atoms with van der Waals surface area (Å²) in [7, 11) is 0. The Hall–Kier alpha value is -0.590. The van der Waals surface area contributed by atoms with Crippen LogP contribution in [0.25, 0.3) is 0 Å². The molecule has 0 aliphatic heterocycles. The zero-order chi connectivity index (χ0) is 10.6. The fraction of sp³-hybridized carbons (Fsp3) is 0.769. The van der Waals surface area contributed by atoms with E-state index in [4.69, 9.17) is 0 Å². The minimum absolute atomic E-state index is 0.256. The van der Waals surface area contributed by atoms with Crippen LogP contribution < -0.4 is 0 Å². The van der Waals surface area contributed by atoms with Crippen LogP contribution in [0.3, 0.4) is 0 Å². The van der Waals surface area contributed by atoms with Crippen molar-refractivity contribution in [2.24, 2.45) is 16.7 Å². The highest BCUT2D eigenvalue weighted by atomic mass is 16.1. The molecule has 14 heavy (non-hydrogen) atoms. The lowest BCUT2D eigenvalue weighted by Gasteiger charge is -2.46. The second-order valence-electron chi connectivity index (χ2n) is 6.20. The molecule has 1 atom stereocenters. The maximum Gasteiger partial charge on any atom is 0.156 e. The molecule has 0 aromatic rings. The second-order valence-corrected chi connectivity index (χ2v) is 6.20. The van der Waals surface area contributed by atoms with Gasteiger partial charge in [-0.1, -0.05) is 33.3 Å². The predicted octanol–water partition coefficient (Wildman–Crippen LogP) is 3.35. The Morgan fingerprint density at radius 2 is 1.86 bits per heavy atom. The molecule has 1 heteroatoms. The molecule has 0 bridgehead atoms. The van der Waals surface area contributed by atoms with E-state index in [-0.39, 0.29) is 5.41 Å². The summed E-state index contributed by atoms with van der Waals surface area (Å²) in [5.41, 5.74) is 2.00. The Labute approximate surface area is 86.6 Å². The van der Waals surface area contributed by atoms with Crippen LogP contribution in [0.5, 0.6) is 0 Å². The van der Waals surface area contributed by atoms with Crippen molar-refractivity contribution in [2.45, 2.75) is 47.0 Å². The van der Waals surface area contributed by atoms with Crippen LogP contribution >= 0.6 is 0 Å². The van der Waals surface area contributed by atoms with Crippen molar-refractivity contribution in [3.8, 4) is 0 Å². The molecule has 1 saturated carbocycles. The van der Waals surface area contributed by atoms with Gasteiger partial charge in [-0.2, -0.15) is 0 Å². The van der Waals surface area contributed by atoms with E-state index in [0.29, 0.717) is 17.1 Å². The third-order valence-corrected chi connectivity index (χ3v) is 4.22. The van der Waals surface area contributed by atoms with Gasteiger partial charge < -0.3 is 0 Å². The molecule has 0 N–H and O–H groups in total. The molecule has 2 aliphatic rings. The summed E-state index contributed by atoms with van der Waals surface area (Å²) >= 11 is 0. The zero-order valence-corrected chi connectivity index (χ0v) is 9.68. The predicted molar refractivity (Wildman–Crippen MR) is 58.0 cm³/mol. The maximum absolute atomic E-state index is 11.5. The van der Waals surface area contributed by atoms with Gasteiger partial charge in [-0.25, -0.2) is 0 Å². The molecule has 78 valence electrons. The number of allylic oxidation sites excluding steroid dienone is 2. The Balaban J connectivity index is 2.40. The van der Waals surface area contributed by atoms with Gasteiger partial charge in [-0.3, -0.25) is 4.79 Å². The van der Waals surface area contributed by atoms with Crippen molar-refractivity contribution < 1.29 is 4.79 Å². The number of fused-ring (bicyclic) bond motifs is 1. The molecule has 2 rings (SSSR count). The molecule has 0 radical (unpaired) electrons. The summed E-state index contributed by atoms with van der Waals surface area (Å²) in [6.07, 6.45) is 5.14. The molecule has 0 aromatic heterocycles. The smallest absolute Gasteiger partial charge is 0.156 e. The van der Waals surface area contributed by atoms with Crippen LogP contribution in [0.15, 0.2) is 11.6 Å². The van der Waals surface area contributed by atoms with Crippen LogP contribution in [0.2, 0.25) is 0 Å². The Morgan fingerprint density at radius 3 is 2.43 bits per heavy atom. The van der Waals surface area contributed by atoms with Gasteiger partial charge in [0.1, 0.15) is 0 Å². The Bertz CT molecular complexity index is 307. The fourth-order valence-electron chi connectivity index (χ4n) is 2.96. The first-order chi connectivity index (χ1) is 6.33. The molecule has 2 aliphatic carbocycles. The molecule has 1 nitrogen and oxygen atoms in total. The summed E-state index contributed by atoms with van der Waals surface area (Å²) in [6.45, 7) is 9.16. The first-order valence-electron chi connectivity index (χ1n) is 5.58. The van der Waals surface area contributed by atoms with E-state index in [9.17, 15) is 4.79 Å². The van der Waals surface area contributed by atoms with Crippen LogP contribution in [0.1, 0.15) is 47.0 Å². The summed E-state index contributed by atoms with van der Waals surface area (Å²) < 4.78 is 0. The Morgan fingerprint density at radius 1 is 1.21 bits per heavy atom. The van der Waals surface area contributed by atoms with Crippen molar-refractivity contribution in [3.63, 3.8) is 0 Å². The zero-order valence-electron chi connectivity index (χ0n) is 9.68. The van der Waals surface area contributed by atoms with Gasteiger partial charge in [0.15, 0.2) is 5.78 Å². The van der Waals surface area contributed by atoms with Crippen LogP contribution in [-0.4, -0.2) is 5.78 Å². The van der Waals surface area contributed by atoms with E-state index in [2.05, 4.69) is 27.7 Å². The van der Waals surface area contributed by atoms with Gasteiger partial charge in [0.2, 0.25) is 0 Å². The van der Waals surface area contributed by atoms with Gasteiger partial charge >= 0.3 is 0 Å². The lowest BCUT2D eigenvalue weighted by Crippen LogP contribution is -2.36. The normalized spacial score (nSPS) is 33.9. The topological polar surface area (TPSA) is 17.1 Å². The van der Waals surface area contributed by atoms with Gasteiger partial charge in [-0.05, 0) is 35.7 Å². The van der Waals surface area contributed by atoms with E-state index in [0.717, 1.165) is 6.42 Å². The number of rotatable bonds is 0. The van der Waals surface area contributed by atoms with Crippen molar-refractivity contribution in [3.05, 3.63) is 11.6 Å². The molecule has 1 fully saturated rings. The standard InChI is InChI=1S/C13H20O/c1-12(2)5-6-13(3,4)11-8-9(14)7-10(11)12/h7,11H,5-6,8H2,1-4H3/t11-/m0/s1. The Kier molecular flexibility index (Phi) is 1.93. The van der Waals surface area contributed by atoms with Gasteiger partial charge in [0, 0.05) is 6.42 Å². The highest BCUT2D eigenvalue weighted by Gasteiger charge is 2.46. The number of hydrogen-bond acceptors (Lipinski definition) is 1. The van der Waals surface area contributed by atoms with Gasteiger partial charge in [-0.15, -0.1) is 0 Å². The highest BCUT2D eigenvalue weighted by molar-refractivity contribution is 5.94. The number of carbonyl (C=O) groups is 1. The molecular formula is C13H20O. The molecule has 0 saturated heterocycles. The van der Waals surface area contributed by atoms with Gasteiger partial charge in [0.25, 0.3) is 0 Å². The van der Waals surface area contributed by atoms with Gasteiger partial charge in [0.05, 0.1) is 0 Å². The summed E-state index contributed by atoms with van der Waals surface area (Å²) in [5.74, 6) is 0.854. The maximum atomic E-state index is 11.5. The van der Waals surface area contributed by atoms with E-state index in [1.165, 1.54) is 18.4 Å². The largest absolute Gasteiger partial charge is 0.295 e. The van der Waals surface area contributed by atoms with E-state index >= 15 is 0 Å². The molecule has 0 heterocycles. The number of ketones is 1. The first kappa shape index (κ1) is 9.95. The third-order valence-electron chi connectivity index (χ3n) is 4.22. The second kappa shape index (κ2) is 2.71. The molecule has 0 aromatic carbocycles. The van der Waals surface area contributed by atoms with E-state index < -0.39 is 0 Å². The first-order valence-corrected chi connectivity index (χ1v) is 5.58. The SMILES string of the molecule is CC1(C)CCC(C)(C)[C@H]2CC(=O)C=C21. The lowest BCUT2D eigenvalue weighted by molar-refractivity contribution is -0.115. The molecule has 0 spiro atoms. The lowest BCUT2D eigenvalue weighted by atomic mass is 9.58.